The third kappa shape index (κ3) is 6.81. The zero-order chi connectivity index (χ0) is 26.4. The number of hydrogen-bond acceptors (Lipinski definition) is 9. The third-order valence-electron chi connectivity index (χ3n) is 4.93. The van der Waals surface area contributed by atoms with E-state index in [-0.39, 0.29) is 22.6 Å². The number of carboxylic acids is 2. The first-order chi connectivity index (χ1) is 17.8. The standard InChI is InChI=1S/C26H20N2O7S2/c29-23-13-15(25(31)32)1-11-21(23)27-36-19-7-3-17(4-8-19)35-18-5-9-20(10-6-18)37-28-22-12-2-16(26(33)34)14-24(22)30/h1-14,27-30H,(H,31,32)(H,33,34). The molecule has 0 heterocycles. The Balaban J connectivity index is 1.29. The molecule has 0 amide bonds. The Bertz CT molecular complexity index is 1320. The maximum Gasteiger partial charge on any atom is 0.335 e. The average molecular weight is 537 g/mol. The van der Waals surface area contributed by atoms with Crippen molar-refractivity contribution >= 4 is 47.2 Å². The van der Waals surface area contributed by atoms with Crippen LogP contribution in [0.25, 0.3) is 0 Å². The molecule has 4 aromatic carbocycles. The number of anilines is 2. The number of carbonyl (C=O) groups is 2. The average Bonchev–Trinajstić information content (AvgIpc) is 2.88. The summed E-state index contributed by atoms with van der Waals surface area (Å²) in [6.07, 6.45) is 0. The highest BCUT2D eigenvalue weighted by Gasteiger charge is 2.09. The molecule has 0 fully saturated rings. The van der Waals surface area contributed by atoms with E-state index in [1.807, 2.05) is 24.3 Å². The number of phenolic OH excluding ortho intramolecular Hbond substituents is 2. The number of phenols is 2. The van der Waals surface area contributed by atoms with Crippen molar-refractivity contribution in [2.45, 2.75) is 9.79 Å². The summed E-state index contributed by atoms with van der Waals surface area (Å²) in [4.78, 5) is 23.6. The van der Waals surface area contributed by atoms with E-state index < -0.39 is 11.9 Å². The summed E-state index contributed by atoms with van der Waals surface area (Å²) in [7, 11) is 0. The topological polar surface area (TPSA) is 148 Å². The fraction of sp³-hybridized carbons (Fsp3) is 0. The Morgan fingerprint density at radius 1 is 0.595 bits per heavy atom. The molecule has 0 aliphatic heterocycles. The first-order valence-corrected chi connectivity index (χ1v) is 12.3. The van der Waals surface area contributed by atoms with Crippen LogP contribution in [0.1, 0.15) is 20.7 Å². The van der Waals surface area contributed by atoms with Gasteiger partial charge in [-0.15, -0.1) is 0 Å². The van der Waals surface area contributed by atoms with Gasteiger partial charge in [0.15, 0.2) is 0 Å². The maximum atomic E-state index is 11.0. The molecule has 6 N–H and O–H groups in total. The summed E-state index contributed by atoms with van der Waals surface area (Å²) < 4.78 is 11.8. The van der Waals surface area contributed by atoms with Crippen LogP contribution in [0.3, 0.4) is 0 Å². The van der Waals surface area contributed by atoms with Crippen LogP contribution in [-0.2, 0) is 0 Å². The molecule has 0 radical (unpaired) electrons. The van der Waals surface area contributed by atoms with Gasteiger partial charge in [0.2, 0.25) is 0 Å². The second kappa shape index (κ2) is 11.5. The molecule has 11 heteroatoms. The van der Waals surface area contributed by atoms with E-state index in [4.69, 9.17) is 14.9 Å². The van der Waals surface area contributed by atoms with Crippen molar-refractivity contribution in [3.8, 4) is 23.0 Å². The summed E-state index contributed by atoms with van der Waals surface area (Å²) in [5, 5.41) is 37.9. The minimum atomic E-state index is -1.11. The number of carboxylic acid groups (broad SMARTS) is 2. The van der Waals surface area contributed by atoms with Crippen molar-refractivity contribution < 1.29 is 34.8 Å². The highest BCUT2D eigenvalue weighted by molar-refractivity contribution is 8.00. The molecule has 0 saturated carbocycles. The predicted molar refractivity (Wildman–Crippen MR) is 142 cm³/mol. The van der Waals surface area contributed by atoms with Crippen LogP contribution in [-0.4, -0.2) is 32.4 Å². The van der Waals surface area contributed by atoms with E-state index >= 15 is 0 Å². The molecule has 4 aromatic rings. The van der Waals surface area contributed by atoms with Gasteiger partial charge in [-0.3, -0.25) is 0 Å². The molecular formula is C26H20N2O7S2. The van der Waals surface area contributed by atoms with Crippen LogP contribution in [0.4, 0.5) is 11.4 Å². The van der Waals surface area contributed by atoms with Gasteiger partial charge in [-0.05, 0) is 109 Å². The summed E-state index contributed by atoms with van der Waals surface area (Å²) >= 11 is 2.51. The van der Waals surface area contributed by atoms with E-state index in [1.54, 1.807) is 24.3 Å². The molecule has 0 unspecified atom stereocenters. The highest BCUT2D eigenvalue weighted by atomic mass is 32.2. The van der Waals surface area contributed by atoms with E-state index in [9.17, 15) is 19.8 Å². The second-order valence-electron chi connectivity index (χ2n) is 7.53. The van der Waals surface area contributed by atoms with Crippen molar-refractivity contribution in [2.24, 2.45) is 0 Å². The molecule has 9 nitrogen and oxygen atoms in total. The van der Waals surface area contributed by atoms with Crippen LogP contribution >= 0.6 is 23.9 Å². The molecule has 0 bridgehead atoms. The number of ether oxygens (including phenoxy) is 1. The Labute approximate surface area is 220 Å². The molecule has 0 aliphatic rings. The lowest BCUT2D eigenvalue weighted by Crippen LogP contribution is -1.96. The largest absolute Gasteiger partial charge is 0.506 e. The van der Waals surface area contributed by atoms with Crippen molar-refractivity contribution in [2.75, 3.05) is 9.44 Å². The Hall–Kier alpha value is -4.48. The summed E-state index contributed by atoms with van der Waals surface area (Å²) in [6.45, 7) is 0. The van der Waals surface area contributed by atoms with Crippen LogP contribution in [0.2, 0.25) is 0 Å². The highest BCUT2D eigenvalue weighted by Crippen LogP contribution is 2.32. The van der Waals surface area contributed by atoms with Gasteiger partial charge in [0.1, 0.15) is 23.0 Å². The normalized spacial score (nSPS) is 10.5. The van der Waals surface area contributed by atoms with Crippen molar-refractivity contribution in [3.63, 3.8) is 0 Å². The van der Waals surface area contributed by atoms with Gasteiger partial charge in [-0.25, -0.2) is 9.59 Å². The molecule has 37 heavy (non-hydrogen) atoms. The lowest BCUT2D eigenvalue weighted by atomic mass is 10.2. The van der Waals surface area contributed by atoms with Crippen LogP contribution in [0.15, 0.2) is 94.7 Å². The summed E-state index contributed by atoms with van der Waals surface area (Å²) in [5.74, 6) is -1.28. The van der Waals surface area contributed by atoms with Crippen LogP contribution in [0, 0.1) is 0 Å². The SMILES string of the molecule is O=C(O)c1ccc(NSc2ccc(Oc3ccc(SNc4ccc(C(=O)O)cc4O)cc3)cc2)c(O)c1. The second-order valence-corrected chi connectivity index (χ2v) is 9.29. The lowest BCUT2D eigenvalue weighted by Gasteiger charge is -2.10. The lowest BCUT2D eigenvalue weighted by molar-refractivity contribution is 0.0686. The van der Waals surface area contributed by atoms with Crippen molar-refractivity contribution in [1.82, 2.24) is 0 Å². The van der Waals surface area contributed by atoms with Gasteiger partial charge in [0, 0.05) is 9.79 Å². The fourth-order valence-electron chi connectivity index (χ4n) is 3.02. The first-order valence-electron chi connectivity index (χ1n) is 10.6. The maximum absolute atomic E-state index is 11.0. The predicted octanol–water partition coefficient (Wildman–Crippen LogP) is 6.52. The Morgan fingerprint density at radius 3 is 1.30 bits per heavy atom. The molecule has 0 spiro atoms. The first kappa shape index (κ1) is 25.6. The number of hydrogen-bond donors (Lipinski definition) is 6. The zero-order valence-electron chi connectivity index (χ0n) is 18.9. The van der Waals surface area contributed by atoms with Gasteiger partial charge in [-0.2, -0.15) is 0 Å². The monoisotopic (exact) mass is 536 g/mol. The van der Waals surface area contributed by atoms with Gasteiger partial charge in [0.05, 0.1) is 22.5 Å². The van der Waals surface area contributed by atoms with E-state index in [2.05, 4.69) is 9.44 Å². The number of aromatic carboxylic acids is 2. The number of rotatable bonds is 10. The number of aromatic hydroxyl groups is 2. The van der Waals surface area contributed by atoms with Crippen molar-refractivity contribution in [1.29, 1.82) is 0 Å². The van der Waals surface area contributed by atoms with Gasteiger partial charge >= 0.3 is 11.9 Å². The zero-order valence-corrected chi connectivity index (χ0v) is 20.5. The summed E-state index contributed by atoms with van der Waals surface area (Å²) in [6, 6.07) is 22.7. The third-order valence-corrected chi connectivity index (χ3v) is 6.59. The number of nitrogens with one attached hydrogen (secondary N) is 2. The molecule has 0 aliphatic carbocycles. The Morgan fingerprint density at radius 2 is 0.973 bits per heavy atom. The van der Waals surface area contributed by atoms with Crippen LogP contribution < -0.4 is 14.2 Å². The van der Waals surface area contributed by atoms with E-state index in [0.29, 0.717) is 22.9 Å². The minimum absolute atomic E-state index is 0.00372. The molecule has 0 aromatic heterocycles. The van der Waals surface area contributed by atoms with Gasteiger partial charge < -0.3 is 34.6 Å². The quantitative estimate of drug-likeness (QED) is 0.0971. The smallest absolute Gasteiger partial charge is 0.335 e. The molecule has 188 valence electrons. The molecule has 4 rings (SSSR count). The molecular weight excluding hydrogens is 516 g/mol. The van der Waals surface area contributed by atoms with E-state index in [1.165, 1.54) is 60.3 Å². The molecule has 0 atom stereocenters. The number of benzene rings is 4. The van der Waals surface area contributed by atoms with E-state index in [0.717, 1.165) is 9.79 Å². The van der Waals surface area contributed by atoms with Crippen molar-refractivity contribution in [3.05, 3.63) is 96.1 Å². The van der Waals surface area contributed by atoms with Gasteiger partial charge in [-0.1, -0.05) is 0 Å². The summed E-state index contributed by atoms with van der Waals surface area (Å²) in [5.41, 5.74) is 0.804. The van der Waals surface area contributed by atoms with Crippen LogP contribution in [0.5, 0.6) is 23.0 Å². The Kier molecular flexibility index (Phi) is 7.96. The fourth-order valence-corrected chi connectivity index (χ4v) is 4.36. The minimum Gasteiger partial charge on any atom is -0.506 e. The van der Waals surface area contributed by atoms with Gasteiger partial charge in [0.25, 0.3) is 0 Å². The molecule has 0 saturated heterocycles.